The van der Waals surface area contributed by atoms with E-state index in [-0.39, 0.29) is 17.6 Å². The molecule has 0 aliphatic rings. The third-order valence-corrected chi connectivity index (χ3v) is 6.40. The lowest BCUT2D eigenvalue weighted by molar-refractivity contribution is 0.0255. The standard InChI is InChI=1S/C26H31ClN6O4/c1-7-32(25(35)36-26(4,5)6)11-10-16(3)20-13-21(34)29-23-18(14-28-33(20)23)22-30-24(37-31-22)17-9-8-15(2)19(27)12-17/h8-9,12-14,16H,7,10-11H2,1-6H3,(H,29,34). The van der Waals surface area contributed by atoms with Gasteiger partial charge in [-0.2, -0.15) is 10.1 Å². The highest BCUT2D eigenvalue weighted by molar-refractivity contribution is 6.31. The van der Waals surface area contributed by atoms with Gasteiger partial charge < -0.3 is 19.1 Å². The molecule has 1 aromatic carbocycles. The number of rotatable bonds is 7. The Labute approximate surface area is 219 Å². The van der Waals surface area contributed by atoms with Gasteiger partial charge in [-0.25, -0.2) is 9.31 Å². The quantitative estimate of drug-likeness (QED) is 0.340. The number of ether oxygens (including phenoxy) is 1. The van der Waals surface area contributed by atoms with Gasteiger partial charge in [0.05, 0.1) is 17.5 Å². The summed E-state index contributed by atoms with van der Waals surface area (Å²) in [6.07, 6.45) is 1.85. The maximum atomic E-state index is 12.6. The molecule has 0 saturated carbocycles. The van der Waals surface area contributed by atoms with Gasteiger partial charge in [-0.15, -0.1) is 0 Å². The van der Waals surface area contributed by atoms with Crippen molar-refractivity contribution in [1.82, 2.24) is 29.6 Å². The van der Waals surface area contributed by atoms with Crippen molar-refractivity contribution >= 4 is 23.3 Å². The first-order chi connectivity index (χ1) is 17.5. The molecule has 10 nitrogen and oxygen atoms in total. The summed E-state index contributed by atoms with van der Waals surface area (Å²) in [4.78, 5) is 34.1. The minimum absolute atomic E-state index is 0.0791. The minimum atomic E-state index is -0.568. The number of aromatic nitrogens is 5. The molecule has 3 heterocycles. The molecule has 0 aliphatic carbocycles. The highest BCUT2D eigenvalue weighted by atomic mass is 35.5. The number of H-pyrrole nitrogens is 1. The van der Waals surface area contributed by atoms with Crippen LogP contribution in [-0.2, 0) is 4.74 Å². The fraction of sp³-hybridized carbons (Fsp3) is 0.423. The Bertz CT molecular complexity index is 1480. The topological polar surface area (TPSA) is 119 Å². The van der Waals surface area contributed by atoms with E-state index in [1.807, 2.05) is 53.7 Å². The van der Waals surface area contributed by atoms with Gasteiger partial charge in [-0.05, 0) is 58.7 Å². The summed E-state index contributed by atoms with van der Waals surface area (Å²) >= 11 is 6.24. The molecular formula is C26H31ClN6O4. The zero-order valence-corrected chi connectivity index (χ0v) is 22.6. The number of fused-ring (bicyclic) bond motifs is 1. The molecule has 4 rings (SSSR count). The molecular weight excluding hydrogens is 496 g/mol. The van der Waals surface area contributed by atoms with E-state index in [0.717, 1.165) is 5.56 Å². The van der Waals surface area contributed by atoms with Gasteiger partial charge in [0.2, 0.25) is 5.82 Å². The highest BCUT2D eigenvalue weighted by Crippen LogP contribution is 2.28. The SMILES string of the molecule is CCN(CCC(C)c1cc(=O)[nH]c2c(-c3noc(-c4ccc(C)c(Cl)c4)n3)cnn12)C(=O)OC(C)(C)C. The lowest BCUT2D eigenvalue weighted by atomic mass is 10.0. The Morgan fingerprint density at radius 3 is 2.73 bits per heavy atom. The molecule has 0 saturated heterocycles. The van der Waals surface area contributed by atoms with Crippen LogP contribution < -0.4 is 5.56 Å². The van der Waals surface area contributed by atoms with Gasteiger partial charge in [0.15, 0.2) is 0 Å². The highest BCUT2D eigenvalue weighted by Gasteiger charge is 2.23. The van der Waals surface area contributed by atoms with Gasteiger partial charge in [0, 0.05) is 35.7 Å². The molecule has 4 aromatic rings. The van der Waals surface area contributed by atoms with E-state index in [0.29, 0.717) is 58.7 Å². The van der Waals surface area contributed by atoms with Crippen LogP contribution in [0.5, 0.6) is 0 Å². The lowest BCUT2D eigenvalue weighted by Crippen LogP contribution is -2.37. The number of nitrogens with one attached hydrogen (secondary N) is 1. The second kappa shape index (κ2) is 10.4. The van der Waals surface area contributed by atoms with Crippen molar-refractivity contribution in [2.24, 2.45) is 0 Å². The van der Waals surface area contributed by atoms with Crippen LogP contribution in [0, 0.1) is 6.92 Å². The fourth-order valence-electron chi connectivity index (χ4n) is 3.91. The average Bonchev–Trinajstić information content (AvgIpc) is 3.46. The summed E-state index contributed by atoms with van der Waals surface area (Å²) in [6, 6.07) is 7.02. The van der Waals surface area contributed by atoms with Crippen molar-refractivity contribution in [3.05, 3.63) is 57.1 Å². The first-order valence-electron chi connectivity index (χ1n) is 12.2. The fourth-order valence-corrected chi connectivity index (χ4v) is 4.09. The van der Waals surface area contributed by atoms with Gasteiger partial charge in [0.1, 0.15) is 11.2 Å². The largest absolute Gasteiger partial charge is 0.444 e. The Hall–Kier alpha value is -3.66. The van der Waals surface area contributed by atoms with Gasteiger partial charge >= 0.3 is 6.09 Å². The molecule has 1 unspecified atom stereocenters. The number of carbonyl (C=O) groups is 1. The van der Waals surface area contributed by atoms with Crippen LogP contribution in [0.1, 0.15) is 58.2 Å². The minimum Gasteiger partial charge on any atom is -0.444 e. The Kier molecular flexibility index (Phi) is 7.40. The van der Waals surface area contributed by atoms with Crippen LogP contribution in [0.15, 0.2) is 39.8 Å². The van der Waals surface area contributed by atoms with E-state index >= 15 is 0 Å². The predicted molar refractivity (Wildman–Crippen MR) is 141 cm³/mol. The maximum absolute atomic E-state index is 12.6. The smallest absolute Gasteiger partial charge is 0.410 e. The first-order valence-corrected chi connectivity index (χ1v) is 12.5. The van der Waals surface area contributed by atoms with Crippen molar-refractivity contribution in [3.8, 4) is 22.8 Å². The lowest BCUT2D eigenvalue weighted by Gasteiger charge is -2.27. The average molecular weight is 527 g/mol. The number of halogens is 1. The third-order valence-electron chi connectivity index (χ3n) is 5.99. The van der Waals surface area contributed by atoms with E-state index in [4.69, 9.17) is 20.9 Å². The summed E-state index contributed by atoms with van der Waals surface area (Å²) in [5.74, 6) is 0.527. The van der Waals surface area contributed by atoms with Gasteiger partial charge in [0.25, 0.3) is 11.4 Å². The number of benzene rings is 1. The normalized spacial score (nSPS) is 12.6. The number of aromatic amines is 1. The van der Waals surface area contributed by atoms with E-state index in [1.165, 1.54) is 6.07 Å². The number of amides is 1. The molecule has 0 radical (unpaired) electrons. The molecule has 196 valence electrons. The van der Waals surface area contributed by atoms with E-state index in [1.54, 1.807) is 21.7 Å². The summed E-state index contributed by atoms with van der Waals surface area (Å²) in [5, 5.41) is 9.19. The Morgan fingerprint density at radius 2 is 2.05 bits per heavy atom. The van der Waals surface area contributed by atoms with Crippen LogP contribution in [0.3, 0.4) is 0 Å². The first kappa shape index (κ1) is 26.4. The Balaban J connectivity index is 1.59. The van der Waals surface area contributed by atoms with E-state index < -0.39 is 5.60 Å². The third kappa shape index (κ3) is 5.85. The maximum Gasteiger partial charge on any atom is 0.410 e. The van der Waals surface area contributed by atoms with Gasteiger partial charge in [-0.1, -0.05) is 29.7 Å². The summed E-state index contributed by atoms with van der Waals surface area (Å²) in [6.45, 7) is 12.3. The summed E-state index contributed by atoms with van der Waals surface area (Å²) in [5.41, 5.74) is 2.50. The predicted octanol–water partition coefficient (Wildman–Crippen LogP) is 5.45. The molecule has 37 heavy (non-hydrogen) atoms. The molecule has 0 spiro atoms. The number of hydrogen-bond donors (Lipinski definition) is 1. The van der Waals surface area contributed by atoms with Crippen molar-refractivity contribution in [2.75, 3.05) is 13.1 Å². The molecule has 1 atom stereocenters. The van der Waals surface area contributed by atoms with Crippen LogP contribution in [0.4, 0.5) is 4.79 Å². The summed E-state index contributed by atoms with van der Waals surface area (Å²) < 4.78 is 12.6. The van der Waals surface area contributed by atoms with E-state index in [2.05, 4.69) is 20.2 Å². The van der Waals surface area contributed by atoms with Crippen molar-refractivity contribution in [2.45, 2.75) is 59.5 Å². The van der Waals surface area contributed by atoms with E-state index in [9.17, 15) is 9.59 Å². The number of hydrogen-bond acceptors (Lipinski definition) is 7. The van der Waals surface area contributed by atoms with Crippen LogP contribution >= 0.6 is 11.6 Å². The molecule has 3 aromatic heterocycles. The van der Waals surface area contributed by atoms with Crippen molar-refractivity contribution < 1.29 is 14.1 Å². The van der Waals surface area contributed by atoms with Crippen molar-refractivity contribution in [3.63, 3.8) is 0 Å². The van der Waals surface area contributed by atoms with Gasteiger partial charge in [-0.3, -0.25) is 4.79 Å². The zero-order valence-electron chi connectivity index (χ0n) is 21.8. The summed E-state index contributed by atoms with van der Waals surface area (Å²) in [7, 11) is 0. The van der Waals surface area contributed by atoms with Crippen LogP contribution in [0.2, 0.25) is 5.02 Å². The van der Waals surface area contributed by atoms with Crippen LogP contribution in [0.25, 0.3) is 28.5 Å². The molecule has 0 fully saturated rings. The zero-order chi connectivity index (χ0) is 26.9. The Morgan fingerprint density at radius 1 is 1.30 bits per heavy atom. The molecule has 11 heteroatoms. The number of aryl methyl sites for hydroxylation is 1. The second-order valence-corrected chi connectivity index (χ2v) is 10.4. The molecule has 0 aliphatic heterocycles. The molecule has 0 bridgehead atoms. The molecule has 1 N–H and O–H groups in total. The van der Waals surface area contributed by atoms with Crippen molar-refractivity contribution in [1.29, 1.82) is 0 Å². The van der Waals surface area contributed by atoms with Crippen LogP contribution in [-0.4, -0.2) is 54.4 Å². The number of carbonyl (C=O) groups excluding carboxylic acids is 1. The number of nitrogens with zero attached hydrogens (tertiary/aromatic N) is 5. The monoisotopic (exact) mass is 526 g/mol. The second-order valence-electron chi connectivity index (χ2n) is 10.0. The molecule has 1 amide bonds.